The first-order chi connectivity index (χ1) is 67.4. The molecule has 10 aliphatic rings. The van der Waals surface area contributed by atoms with Gasteiger partial charge >= 0.3 is 0 Å². The smallest absolute Gasteiger partial charge is 0.258 e. The zero-order valence-electron chi connectivity index (χ0n) is 79.5. The first-order valence-corrected chi connectivity index (χ1v) is 53.6. The molecule has 20 rings (SSSR count). The standard InChI is InChI=1S/C28H34BrClN3O3.C28H32BrClN3O3.2C26H28BrClN4O2/c2*1-18(34)31-10-6-19(7-11-31)14-26(35)32-12-8-20(9-13-32)27-25-5-4-24(30)16-21(25)2-3-22-15-23(29)17-33(36)28(22)27;1-29-8-6-18(7-9-29)14-24(33)30-10-12-31(13-11-30)26-23-5-4-22(28)16-19(23)2-3-20-15-21(27)17-32(34)25(20)26;1-29-9-7-18(8-10-29)15-23(33)30-11-13-31(14-12-30)26-24-19(3-2-4-22(24)28)5-6-20-16-21(27)17-32(34)25(20)26/h4-5,15-17,19-20,27,36H,2-3,6-14H2,1H3;2-5,15-17,19-20,27,36H,6-14H2,1H3;4-9,15-17,26,34H,2-3,10-14H2,1H3;2-4,7-10,16-17,26,34H,5-6,11-15H2,1H3/q2*+1;2*+2. The molecule has 0 radical (unpaired) electrons. The van der Waals surface area contributed by atoms with Crippen molar-refractivity contribution in [2.75, 3.05) is 105 Å². The molecule has 4 aliphatic carbocycles. The van der Waals surface area contributed by atoms with E-state index in [2.05, 4.69) is 128 Å². The van der Waals surface area contributed by atoms with E-state index in [4.69, 9.17) is 46.4 Å². The molecule has 6 saturated heterocycles. The quantitative estimate of drug-likeness (QED) is 0.0661. The molecule has 32 heteroatoms. The van der Waals surface area contributed by atoms with Gasteiger partial charge in [-0.15, -0.1) is 0 Å². The minimum Gasteiger partial charge on any atom is -0.343 e. The van der Waals surface area contributed by atoms with Crippen molar-refractivity contribution in [2.45, 2.75) is 153 Å². The Morgan fingerprint density at radius 1 is 0.350 bits per heavy atom. The van der Waals surface area contributed by atoms with Crippen LogP contribution in [-0.2, 0) is 94.2 Å². The van der Waals surface area contributed by atoms with Crippen LogP contribution in [-0.4, -0.2) is 200 Å². The summed E-state index contributed by atoms with van der Waals surface area (Å²) in [7, 11) is 3.94. The van der Waals surface area contributed by atoms with Crippen LogP contribution in [0.15, 0.2) is 189 Å². The molecule has 4 N–H and O–H groups in total. The molecule has 4 aromatic carbocycles. The van der Waals surface area contributed by atoms with Crippen LogP contribution >= 0.6 is 110 Å². The molecule has 0 spiro atoms. The normalized spacial score (nSPS) is 19.5. The molecule has 6 amide bonds. The third-order valence-corrected chi connectivity index (χ3v) is 33.1. The van der Waals surface area contributed by atoms with Crippen LogP contribution < -0.4 is 28.1 Å². The van der Waals surface area contributed by atoms with Crippen LogP contribution in [0.5, 0.6) is 0 Å². The molecule has 10 aromatic rings. The molecular formula is C108H122Br4Cl4N14O10+6. The number of piperazine rings is 2. The molecule has 0 saturated carbocycles. The third-order valence-electron chi connectivity index (χ3n) is 30.3. The first-order valence-electron chi connectivity index (χ1n) is 48.9. The van der Waals surface area contributed by atoms with Crippen molar-refractivity contribution in [1.29, 1.82) is 0 Å². The second kappa shape index (κ2) is 45.6. The van der Waals surface area contributed by atoms with Crippen LogP contribution in [0.3, 0.4) is 0 Å². The van der Waals surface area contributed by atoms with Crippen LogP contribution in [0.1, 0.15) is 203 Å². The number of rotatable bonds is 12. The van der Waals surface area contributed by atoms with E-state index in [1.807, 2.05) is 156 Å². The van der Waals surface area contributed by atoms with Crippen molar-refractivity contribution in [2.24, 2.45) is 37.8 Å². The maximum absolute atomic E-state index is 13.1. The number of carbonyl (C=O) groups excluding carboxylic acids is 6. The van der Waals surface area contributed by atoms with E-state index in [1.165, 1.54) is 46.7 Å². The lowest BCUT2D eigenvalue weighted by Gasteiger charge is -2.38. The number of aromatic nitrogens is 6. The number of aryl methyl sites for hydroxylation is 8. The number of likely N-dealkylation sites (tertiary alicyclic amines) is 4. The Morgan fingerprint density at radius 2 is 0.707 bits per heavy atom. The fraction of sp³-hybridized carbons (Fsp3) is 0.426. The fourth-order valence-electron chi connectivity index (χ4n) is 22.8. The first kappa shape index (κ1) is 102. The zero-order valence-corrected chi connectivity index (χ0v) is 88.9. The molecule has 6 aliphatic heterocycles. The number of benzene rings is 4. The predicted octanol–water partition coefficient (Wildman–Crippen LogP) is 15.9. The van der Waals surface area contributed by atoms with Crippen LogP contribution in [0.25, 0.3) is 12.2 Å². The number of hydrogen-bond donors (Lipinski definition) is 4. The number of piperidine rings is 4. The number of fused-ring (bicyclic) bond motifs is 8. The van der Waals surface area contributed by atoms with E-state index in [9.17, 15) is 49.6 Å². The number of nitrogens with zero attached hydrogens (tertiary/aromatic N) is 14. The van der Waals surface area contributed by atoms with Gasteiger partial charge in [-0.05, 0) is 300 Å². The Kier molecular flexibility index (Phi) is 33.3. The summed E-state index contributed by atoms with van der Waals surface area (Å²) >= 11 is 39.9. The van der Waals surface area contributed by atoms with E-state index >= 15 is 0 Å². The van der Waals surface area contributed by atoms with Gasteiger partial charge in [0, 0.05) is 223 Å². The van der Waals surface area contributed by atoms with Gasteiger partial charge in [0.25, 0.3) is 11.4 Å². The van der Waals surface area contributed by atoms with Crippen molar-refractivity contribution >= 4 is 158 Å². The summed E-state index contributed by atoms with van der Waals surface area (Å²) in [5, 5.41) is 46.7. The van der Waals surface area contributed by atoms with Gasteiger partial charge < -0.3 is 29.4 Å². The van der Waals surface area contributed by atoms with Crippen LogP contribution in [0, 0.1) is 23.7 Å². The summed E-state index contributed by atoms with van der Waals surface area (Å²) < 4.78 is 12.4. The number of hydrogen-bond acceptors (Lipinski definition) is 12. The molecule has 24 nitrogen and oxygen atoms in total. The highest BCUT2D eigenvalue weighted by atomic mass is 79.9. The summed E-state index contributed by atoms with van der Waals surface area (Å²) in [5.74, 6) is 2.40. The van der Waals surface area contributed by atoms with Gasteiger partial charge in [0.1, 0.15) is 26.2 Å². The highest BCUT2D eigenvalue weighted by Gasteiger charge is 2.46. The maximum atomic E-state index is 13.1. The second-order valence-electron chi connectivity index (χ2n) is 39.1. The molecule has 4 unspecified atom stereocenters. The molecule has 6 aromatic heterocycles. The molecular weight excluding hydrogens is 2110 g/mol. The summed E-state index contributed by atoms with van der Waals surface area (Å²) in [6, 6.07) is 40.3. The summed E-state index contributed by atoms with van der Waals surface area (Å²) in [6.07, 6.45) is 33.0. The fourth-order valence-corrected chi connectivity index (χ4v) is 25.6. The number of carbonyl (C=O) groups is 6. The van der Waals surface area contributed by atoms with E-state index in [0.717, 1.165) is 256 Å². The molecule has 6 fully saturated rings. The summed E-state index contributed by atoms with van der Waals surface area (Å²) in [6.45, 7) is 14.7. The SMILES string of the molecule is CC(=O)N1CCC(CC(=O)N2CCC(C3c4ccc(Cl)cc4C=Cc4cc(Br)c[n+](O)c43)CC2)CC1.CC(=O)N1CCC(CC(=O)N2CCC(C3c4ccc(Cl)cc4CCc4cc(Br)c[n+](O)c43)CC2)CC1.C[n+]1ccc(CC(=O)N2CCN(C3c4c(Cl)cccc4CCc4cc(Br)c[n+](O)c43)CC2)cc1.C[n+]1ccc(CC(=O)N2CCN(C3c4ccc(Cl)cc4CCc4cc(Br)c[n+](O)c43)CC2)cc1. The van der Waals surface area contributed by atoms with Gasteiger partial charge in [0.05, 0.1) is 42.6 Å². The van der Waals surface area contributed by atoms with Gasteiger partial charge in [0.2, 0.25) is 71.6 Å². The lowest BCUT2D eigenvalue weighted by Crippen LogP contribution is -2.52. The molecule has 4 atom stereocenters. The molecule has 734 valence electrons. The Morgan fingerprint density at radius 3 is 1.17 bits per heavy atom. The highest BCUT2D eigenvalue weighted by molar-refractivity contribution is 9.11. The van der Waals surface area contributed by atoms with Crippen molar-refractivity contribution in [3.63, 3.8) is 0 Å². The second-order valence-corrected chi connectivity index (χ2v) is 44.5. The number of halogens is 8. The van der Waals surface area contributed by atoms with Gasteiger partial charge in [-0.2, -0.15) is 0 Å². The van der Waals surface area contributed by atoms with Gasteiger partial charge in [-0.1, -0.05) is 82.8 Å². The lowest BCUT2D eigenvalue weighted by atomic mass is 9.76. The van der Waals surface area contributed by atoms with Crippen LogP contribution in [0.2, 0.25) is 20.1 Å². The largest absolute Gasteiger partial charge is 0.343 e. The molecule has 140 heavy (non-hydrogen) atoms. The van der Waals surface area contributed by atoms with Crippen molar-refractivity contribution in [1.82, 2.24) is 39.2 Å². The van der Waals surface area contributed by atoms with Gasteiger partial charge in [-0.3, -0.25) is 59.4 Å². The monoisotopic (exact) mass is 2230 g/mol. The average Bonchev–Trinajstić information content (AvgIpc) is 1.58. The van der Waals surface area contributed by atoms with E-state index < -0.39 is 0 Å². The van der Waals surface area contributed by atoms with Crippen molar-refractivity contribution < 1.29 is 77.7 Å². The Balaban J connectivity index is 0.000000129. The van der Waals surface area contributed by atoms with Crippen LogP contribution in [0.4, 0.5) is 0 Å². The number of pyridine rings is 6. The molecule has 0 bridgehead atoms. The predicted molar refractivity (Wildman–Crippen MR) is 547 cm³/mol. The van der Waals surface area contributed by atoms with E-state index in [-0.39, 0.29) is 65.3 Å². The van der Waals surface area contributed by atoms with E-state index in [0.29, 0.717) is 92.8 Å². The number of amides is 6. The Hall–Kier alpha value is -9.46. The minimum atomic E-state index is -0.175. The van der Waals surface area contributed by atoms with Gasteiger partial charge in [-0.25, -0.2) is 9.13 Å². The molecule has 12 heterocycles. The van der Waals surface area contributed by atoms with Gasteiger partial charge in [0.15, 0.2) is 24.8 Å². The maximum Gasteiger partial charge on any atom is 0.258 e. The summed E-state index contributed by atoms with van der Waals surface area (Å²) in [4.78, 5) is 91.8. The topological polar surface area (TPSA) is 233 Å². The van der Waals surface area contributed by atoms with Crippen molar-refractivity contribution in [3.8, 4) is 0 Å². The Labute approximate surface area is 872 Å². The Bertz CT molecular complexity index is 6250. The van der Waals surface area contributed by atoms with E-state index in [1.54, 1.807) is 38.6 Å². The lowest BCUT2D eigenvalue weighted by molar-refractivity contribution is -0.911. The van der Waals surface area contributed by atoms with Crippen molar-refractivity contribution in [3.05, 3.63) is 310 Å². The third kappa shape index (κ3) is 23.9. The minimum absolute atomic E-state index is 0.00599. The zero-order chi connectivity index (χ0) is 98.4. The summed E-state index contributed by atoms with van der Waals surface area (Å²) in [5.41, 5.74) is 19.3. The average molecular weight is 2240 g/mol. The highest BCUT2D eigenvalue weighted by Crippen LogP contribution is 2.48.